The van der Waals surface area contributed by atoms with Crippen molar-refractivity contribution in [3.63, 3.8) is 0 Å². The summed E-state index contributed by atoms with van der Waals surface area (Å²) in [5, 5.41) is 7.42. The van der Waals surface area contributed by atoms with Gasteiger partial charge >= 0.3 is 0 Å². The summed E-state index contributed by atoms with van der Waals surface area (Å²) in [4.78, 5) is 0. The Hall–Kier alpha value is -2.07. The number of para-hydroxylation sites is 1. The minimum absolute atomic E-state index is 0.135. The maximum atomic E-state index is 6.08. The first-order chi connectivity index (χ1) is 11.3. The summed E-state index contributed by atoms with van der Waals surface area (Å²) in [6, 6.07) is 14.6. The Kier molecular flexibility index (Phi) is 4.50. The molecule has 24 heavy (non-hydrogen) atoms. The van der Waals surface area contributed by atoms with Gasteiger partial charge in [-0.05, 0) is 57.6 Å². The van der Waals surface area contributed by atoms with E-state index in [9.17, 15) is 0 Å². The molecule has 126 valence electrons. The molecule has 0 radical (unpaired) electrons. The highest BCUT2D eigenvalue weighted by Gasteiger charge is 2.33. The number of hydrogen-bond donors (Lipinski definition) is 2. The Bertz CT molecular complexity index is 770. The van der Waals surface area contributed by atoms with Gasteiger partial charge in [-0.15, -0.1) is 0 Å². The molecule has 0 amide bonds. The van der Waals surface area contributed by atoms with Crippen LogP contribution in [0.2, 0.25) is 0 Å². The van der Waals surface area contributed by atoms with Gasteiger partial charge in [-0.1, -0.05) is 35.9 Å². The van der Waals surface area contributed by atoms with Gasteiger partial charge < -0.3 is 15.4 Å². The number of aryl methyl sites for hydroxylation is 2. The number of hydrogen-bond acceptors (Lipinski definition) is 2. The molecule has 2 aromatic carbocycles. The van der Waals surface area contributed by atoms with Gasteiger partial charge in [0.25, 0.3) is 0 Å². The summed E-state index contributed by atoms with van der Waals surface area (Å²) in [6.07, 6.45) is 0.860. The van der Waals surface area contributed by atoms with E-state index in [0.29, 0.717) is 5.11 Å². The lowest BCUT2D eigenvalue weighted by atomic mass is 9.90. The Balaban J connectivity index is 1.76. The molecule has 0 saturated carbocycles. The van der Waals surface area contributed by atoms with Crippen LogP contribution in [0.25, 0.3) is 0 Å². The van der Waals surface area contributed by atoms with Crippen molar-refractivity contribution in [1.82, 2.24) is 5.32 Å². The molecule has 2 aromatic rings. The molecule has 0 spiro atoms. The van der Waals surface area contributed by atoms with E-state index >= 15 is 0 Å². The van der Waals surface area contributed by atoms with Crippen LogP contribution in [-0.2, 0) is 0 Å². The summed E-state index contributed by atoms with van der Waals surface area (Å²) in [5.74, 6) is 0.931. The van der Waals surface area contributed by atoms with Crippen LogP contribution >= 0.6 is 12.2 Å². The Morgan fingerprint density at radius 2 is 1.92 bits per heavy atom. The Morgan fingerprint density at radius 3 is 2.67 bits per heavy atom. The van der Waals surface area contributed by atoms with Crippen molar-refractivity contribution in [2.75, 3.05) is 5.32 Å². The minimum atomic E-state index is -0.221. The fourth-order valence-electron chi connectivity index (χ4n) is 3.20. The predicted molar refractivity (Wildman–Crippen MR) is 104 cm³/mol. The molecule has 0 bridgehead atoms. The first kappa shape index (κ1) is 16.8. The first-order valence-electron chi connectivity index (χ1n) is 8.27. The summed E-state index contributed by atoms with van der Waals surface area (Å²) >= 11 is 5.55. The molecule has 0 aliphatic carbocycles. The molecule has 1 aliphatic rings. The number of thiocarbonyl (C=S) groups is 1. The lowest BCUT2D eigenvalue weighted by molar-refractivity contribution is 0.0697. The lowest BCUT2D eigenvalue weighted by Gasteiger charge is -2.38. The molecule has 3 nitrogen and oxygen atoms in total. The van der Waals surface area contributed by atoms with E-state index in [2.05, 4.69) is 62.6 Å². The highest BCUT2D eigenvalue weighted by molar-refractivity contribution is 7.80. The molecule has 1 aliphatic heterocycles. The van der Waals surface area contributed by atoms with Crippen LogP contribution in [0.1, 0.15) is 43.0 Å². The number of fused-ring (bicyclic) bond motifs is 1. The minimum Gasteiger partial charge on any atom is -0.487 e. The van der Waals surface area contributed by atoms with Crippen LogP contribution in [0, 0.1) is 13.8 Å². The van der Waals surface area contributed by atoms with Crippen LogP contribution in [0.3, 0.4) is 0 Å². The number of nitrogens with one attached hydrogen (secondary N) is 2. The third-order valence-electron chi connectivity index (χ3n) is 4.31. The molecule has 0 unspecified atom stereocenters. The average Bonchev–Trinajstić information content (AvgIpc) is 2.49. The summed E-state index contributed by atoms with van der Waals surface area (Å²) in [5.41, 5.74) is 4.41. The molecular formula is C20H24N2OS. The van der Waals surface area contributed by atoms with Crippen molar-refractivity contribution in [2.45, 2.75) is 45.8 Å². The number of rotatable bonds is 2. The molecule has 0 saturated heterocycles. The second kappa shape index (κ2) is 6.44. The highest BCUT2D eigenvalue weighted by atomic mass is 32.1. The van der Waals surface area contributed by atoms with Crippen molar-refractivity contribution in [3.8, 4) is 5.75 Å². The van der Waals surface area contributed by atoms with Crippen molar-refractivity contribution >= 4 is 23.0 Å². The molecule has 1 atom stereocenters. The van der Waals surface area contributed by atoms with Gasteiger partial charge in [-0.25, -0.2) is 0 Å². The second-order valence-corrected chi connectivity index (χ2v) is 7.48. The third kappa shape index (κ3) is 3.70. The van der Waals surface area contributed by atoms with Crippen LogP contribution in [0.5, 0.6) is 5.75 Å². The Labute approximate surface area is 149 Å². The zero-order chi connectivity index (χ0) is 17.3. The molecule has 4 heteroatoms. The average molecular weight is 340 g/mol. The second-order valence-electron chi connectivity index (χ2n) is 7.07. The van der Waals surface area contributed by atoms with Crippen LogP contribution in [-0.4, -0.2) is 10.7 Å². The van der Waals surface area contributed by atoms with Gasteiger partial charge in [0.05, 0.1) is 6.04 Å². The van der Waals surface area contributed by atoms with E-state index in [0.717, 1.165) is 23.4 Å². The van der Waals surface area contributed by atoms with E-state index < -0.39 is 0 Å². The predicted octanol–water partition coefficient (Wildman–Crippen LogP) is 4.89. The molecule has 0 fully saturated rings. The van der Waals surface area contributed by atoms with Crippen LogP contribution in [0.15, 0.2) is 42.5 Å². The van der Waals surface area contributed by atoms with Gasteiger partial charge in [0.2, 0.25) is 0 Å². The van der Waals surface area contributed by atoms with Gasteiger partial charge in [-0.2, -0.15) is 0 Å². The van der Waals surface area contributed by atoms with E-state index in [4.69, 9.17) is 17.0 Å². The van der Waals surface area contributed by atoms with Gasteiger partial charge in [0.15, 0.2) is 5.11 Å². The maximum absolute atomic E-state index is 6.08. The normalized spacial score (nSPS) is 18.2. The standard InChI is InChI=1S/C20H24N2OS/c1-13-9-10-16(14(2)11-13)21-19(24)22-17-12-20(3,4)23-18-8-6-5-7-15(17)18/h5-11,17H,12H2,1-4H3,(H2,21,22,24)/t17-/m1/s1. The van der Waals surface area contributed by atoms with Crippen LogP contribution in [0.4, 0.5) is 5.69 Å². The fourth-order valence-corrected chi connectivity index (χ4v) is 3.45. The smallest absolute Gasteiger partial charge is 0.171 e. The molecule has 2 N–H and O–H groups in total. The third-order valence-corrected chi connectivity index (χ3v) is 4.53. The fraction of sp³-hybridized carbons (Fsp3) is 0.350. The number of benzene rings is 2. The highest BCUT2D eigenvalue weighted by Crippen LogP contribution is 2.39. The summed E-state index contributed by atoms with van der Waals surface area (Å²) in [7, 11) is 0. The SMILES string of the molecule is Cc1ccc(NC(=S)N[C@@H]2CC(C)(C)Oc3ccccc32)c(C)c1. The van der Waals surface area contributed by atoms with Crippen molar-refractivity contribution < 1.29 is 4.74 Å². The molecule has 0 aromatic heterocycles. The van der Waals surface area contributed by atoms with Gasteiger partial charge in [0, 0.05) is 17.7 Å². The molecule has 1 heterocycles. The topological polar surface area (TPSA) is 33.3 Å². The summed E-state index contributed by atoms with van der Waals surface area (Å²) in [6.45, 7) is 8.40. The number of ether oxygens (including phenoxy) is 1. The first-order valence-corrected chi connectivity index (χ1v) is 8.68. The maximum Gasteiger partial charge on any atom is 0.171 e. The van der Waals surface area contributed by atoms with Crippen molar-refractivity contribution in [1.29, 1.82) is 0 Å². The van der Waals surface area contributed by atoms with E-state index in [1.54, 1.807) is 0 Å². The van der Waals surface area contributed by atoms with Gasteiger partial charge in [-0.3, -0.25) is 0 Å². The molecule has 3 rings (SSSR count). The largest absolute Gasteiger partial charge is 0.487 e. The zero-order valence-electron chi connectivity index (χ0n) is 14.6. The quantitative estimate of drug-likeness (QED) is 0.763. The van der Waals surface area contributed by atoms with E-state index in [1.807, 2.05) is 18.2 Å². The van der Waals surface area contributed by atoms with Crippen LogP contribution < -0.4 is 15.4 Å². The Morgan fingerprint density at radius 1 is 1.17 bits per heavy atom. The molecular weight excluding hydrogens is 316 g/mol. The van der Waals surface area contributed by atoms with Gasteiger partial charge in [0.1, 0.15) is 11.4 Å². The van der Waals surface area contributed by atoms with Crippen molar-refractivity contribution in [2.24, 2.45) is 0 Å². The van der Waals surface area contributed by atoms with E-state index in [-0.39, 0.29) is 11.6 Å². The van der Waals surface area contributed by atoms with Crippen molar-refractivity contribution in [3.05, 3.63) is 59.2 Å². The summed E-state index contributed by atoms with van der Waals surface area (Å²) < 4.78 is 6.08. The number of anilines is 1. The monoisotopic (exact) mass is 340 g/mol. The van der Waals surface area contributed by atoms with E-state index in [1.165, 1.54) is 11.1 Å². The lowest BCUT2D eigenvalue weighted by Crippen LogP contribution is -2.42. The zero-order valence-corrected chi connectivity index (χ0v) is 15.5.